The first-order valence-corrected chi connectivity index (χ1v) is 5.83. The van der Waals surface area contributed by atoms with E-state index in [9.17, 15) is 0 Å². The molecular formula is C12H22N2O. The Labute approximate surface area is 92.6 Å². The molecule has 3 heteroatoms. The molecule has 0 aliphatic heterocycles. The normalized spacial score (nSPS) is 26.5. The largest absolute Gasteiger partial charge is 0.377 e. The molecule has 2 atom stereocenters. The van der Waals surface area contributed by atoms with Crippen LogP contribution in [0.25, 0.3) is 0 Å². The third-order valence-corrected chi connectivity index (χ3v) is 3.08. The highest BCUT2D eigenvalue weighted by atomic mass is 16.5. The van der Waals surface area contributed by atoms with E-state index < -0.39 is 0 Å². The molecule has 2 unspecified atom stereocenters. The van der Waals surface area contributed by atoms with Crippen molar-refractivity contribution in [1.29, 1.82) is 5.26 Å². The van der Waals surface area contributed by atoms with Crippen LogP contribution < -0.4 is 5.73 Å². The Morgan fingerprint density at radius 1 is 1.47 bits per heavy atom. The van der Waals surface area contributed by atoms with Gasteiger partial charge in [-0.1, -0.05) is 0 Å². The maximum Gasteiger partial charge on any atom is 0.0725 e. The zero-order valence-corrected chi connectivity index (χ0v) is 9.83. The molecule has 2 N–H and O–H groups in total. The van der Waals surface area contributed by atoms with Crippen LogP contribution in [0.2, 0.25) is 0 Å². The van der Waals surface area contributed by atoms with Gasteiger partial charge in [0.15, 0.2) is 0 Å². The summed E-state index contributed by atoms with van der Waals surface area (Å²) in [6.07, 6.45) is 5.48. The van der Waals surface area contributed by atoms with Gasteiger partial charge in [-0.15, -0.1) is 0 Å². The van der Waals surface area contributed by atoms with E-state index in [-0.39, 0.29) is 17.6 Å². The summed E-state index contributed by atoms with van der Waals surface area (Å²) in [7, 11) is 0. The highest BCUT2D eigenvalue weighted by Crippen LogP contribution is 2.23. The van der Waals surface area contributed by atoms with Crippen LogP contribution in [0.4, 0.5) is 0 Å². The highest BCUT2D eigenvalue weighted by Gasteiger charge is 2.24. The Kier molecular flexibility index (Phi) is 4.56. The Bertz CT molecular complexity index is 232. The summed E-state index contributed by atoms with van der Waals surface area (Å²) >= 11 is 0. The molecule has 0 aromatic rings. The van der Waals surface area contributed by atoms with Gasteiger partial charge in [0.2, 0.25) is 0 Å². The van der Waals surface area contributed by atoms with E-state index in [2.05, 4.69) is 6.07 Å². The molecule has 86 valence electrons. The number of hydrogen-bond acceptors (Lipinski definition) is 3. The number of nitrogens with zero attached hydrogens (tertiary/aromatic N) is 1. The molecule has 3 nitrogen and oxygen atoms in total. The summed E-state index contributed by atoms with van der Waals surface area (Å²) in [5, 5.41) is 8.84. The molecule has 0 aromatic carbocycles. The molecule has 0 amide bonds. The summed E-state index contributed by atoms with van der Waals surface area (Å²) < 4.78 is 5.72. The van der Waals surface area contributed by atoms with Gasteiger partial charge in [0.1, 0.15) is 0 Å². The molecule has 0 saturated heterocycles. The zero-order valence-electron chi connectivity index (χ0n) is 9.83. The van der Waals surface area contributed by atoms with Gasteiger partial charge < -0.3 is 10.5 Å². The monoisotopic (exact) mass is 210 g/mol. The van der Waals surface area contributed by atoms with E-state index >= 15 is 0 Å². The fourth-order valence-electron chi connectivity index (χ4n) is 1.97. The lowest BCUT2D eigenvalue weighted by atomic mass is 9.90. The molecular weight excluding hydrogens is 188 g/mol. The van der Waals surface area contributed by atoms with Crippen LogP contribution in [-0.4, -0.2) is 18.8 Å². The molecule has 1 aliphatic rings. The van der Waals surface area contributed by atoms with E-state index in [1.54, 1.807) is 0 Å². The van der Waals surface area contributed by atoms with Crippen LogP contribution in [0.1, 0.15) is 46.0 Å². The standard InChI is InChI=1S/C12H22N2O/c1-12(2,9-13)7-4-8-15-11-6-3-5-10(11)14/h10-11H,3-8,14H2,1-2H3. The second-order valence-electron chi connectivity index (χ2n) is 5.10. The lowest BCUT2D eigenvalue weighted by molar-refractivity contribution is 0.0431. The minimum absolute atomic E-state index is 0.221. The van der Waals surface area contributed by atoms with E-state index in [1.807, 2.05) is 13.8 Å². The second kappa shape index (κ2) is 5.48. The minimum atomic E-state index is -0.221. The summed E-state index contributed by atoms with van der Waals surface area (Å²) in [4.78, 5) is 0. The lowest BCUT2D eigenvalue weighted by Crippen LogP contribution is -2.31. The minimum Gasteiger partial charge on any atom is -0.377 e. The van der Waals surface area contributed by atoms with Gasteiger partial charge in [-0.25, -0.2) is 0 Å². The van der Waals surface area contributed by atoms with Gasteiger partial charge in [0.25, 0.3) is 0 Å². The second-order valence-corrected chi connectivity index (χ2v) is 5.10. The summed E-state index contributed by atoms with van der Waals surface area (Å²) in [6, 6.07) is 2.53. The quantitative estimate of drug-likeness (QED) is 0.708. The fraction of sp³-hybridized carbons (Fsp3) is 0.917. The van der Waals surface area contributed by atoms with Crippen LogP contribution >= 0.6 is 0 Å². The van der Waals surface area contributed by atoms with Crippen LogP contribution in [0.3, 0.4) is 0 Å². The van der Waals surface area contributed by atoms with Crippen molar-refractivity contribution < 1.29 is 4.74 Å². The summed E-state index contributed by atoms with van der Waals surface area (Å²) in [6.45, 7) is 4.67. The zero-order chi connectivity index (χ0) is 11.3. The molecule has 0 spiro atoms. The molecule has 0 radical (unpaired) electrons. The van der Waals surface area contributed by atoms with Crippen LogP contribution in [0.15, 0.2) is 0 Å². The molecule has 1 saturated carbocycles. The molecule has 1 fully saturated rings. The number of nitrogens with two attached hydrogens (primary N) is 1. The number of rotatable bonds is 5. The van der Waals surface area contributed by atoms with E-state index in [1.165, 1.54) is 6.42 Å². The Morgan fingerprint density at radius 3 is 2.73 bits per heavy atom. The van der Waals surface area contributed by atoms with Crippen molar-refractivity contribution in [2.75, 3.05) is 6.61 Å². The number of ether oxygens (including phenoxy) is 1. The molecule has 1 aliphatic carbocycles. The van der Waals surface area contributed by atoms with Crippen molar-refractivity contribution in [3.63, 3.8) is 0 Å². The number of hydrogen-bond donors (Lipinski definition) is 1. The van der Waals surface area contributed by atoms with Crippen molar-refractivity contribution >= 4 is 0 Å². The van der Waals surface area contributed by atoms with Gasteiger partial charge in [0.05, 0.1) is 17.6 Å². The fourth-order valence-corrected chi connectivity index (χ4v) is 1.97. The smallest absolute Gasteiger partial charge is 0.0725 e. The molecule has 0 bridgehead atoms. The van der Waals surface area contributed by atoms with E-state index in [0.29, 0.717) is 0 Å². The first-order chi connectivity index (χ1) is 7.05. The molecule has 15 heavy (non-hydrogen) atoms. The highest BCUT2D eigenvalue weighted by molar-refractivity contribution is 4.91. The summed E-state index contributed by atoms with van der Waals surface area (Å²) in [5.74, 6) is 0. The maximum absolute atomic E-state index is 8.84. The third kappa shape index (κ3) is 4.19. The Balaban J connectivity index is 2.09. The predicted molar refractivity (Wildman–Crippen MR) is 60.2 cm³/mol. The van der Waals surface area contributed by atoms with Crippen molar-refractivity contribution in [3.8, 4) is 6.07 Å². The van der Waals surface area contributed by atoms with Crippen molar-refractivity contribution in [2.24, 2.45) is 11.1 Å². The first-order valence-electron chi connectivity index (χ1n) is 5.83. The van der Waals surface area contributed by atoms with Crippen molar-refractivity contribution in [2.45, 2.75) is 58.1 Å². The average molecular weight is 210 g/mol. The van der Waals surface area contributed by atoms with Gasteiger partial charge in [0, 0.05) is 12.6 Å². The van der Waals surface area contributed by atoms with Gasteiger partial charge in [-0.2, -0.15) is 5.26 Å². The molecule has 0 heterocycles. The summed E-state index contributed by atoms with van der Waals surface area (Å²) in [5.41, 5.74) is 5.67. The first kappa shape index (κ1) is 12.5. The average Bonchev–Trinajstić information content (AvgIpc) is 2.59. The van der Waals surface area contributed by atoms with E-state index in [0.717, 1.165) is 32.3 Å². The molecule has 0 aromatic heterocycles. The number of nitriles is 1. The van der Waals surface area contributed by atoms with Gasteiger partial charge in [-0.05, 0) is 46.0 Å². The Morgan fingerprint density at radius 2 is 2.20 bits per heavy atom. The van der Waals surface area contributed by atoms with Crippen molar-refractivity contribution in [3.05, 3.63) is 0 Å². The third-order valence-electron chi connectivity index (χ3n) is 3.08. The maximum atomic E-state index is 8.84. The topological polar surface area (TPSA) is 59.0 Å². The van der Waals surface area contributed by atoms with Crippen LogP contribution in [0.5, 0.6) is 0 Å². The Hall–Kier alpha value is -0.590. The van der Waals surface area contributed by atoms with Crippen LogP contribution in [0, 0.1) is 16.7 Å². The predicted octanol–water partition coefficient (Wildman–Crippen LogP) is 2.21. The van der Waals surface area contributed by atoms with Gasteiger partial charge >= 0.3 is 0 Å². The van der Waals surface area contributed by atoms with E-state index in [4.69, 9.17) is 15.7 Å². The van der Waals surface area contributed by atoms with Crippen LogP contribution in [-0.2, 0) is 4.74 Å². The lowest BCUT2D eigenvalue weighted by Gasteiger charge is -2.18. The molecule has 1 rings (SSSR count). The van der Waals surface area contributed by atoms with Gasteiger partial charge in [-0.3, -0.25) is 0 Å². The SMILES string of the molecule is CC(C)(C#N)CCCOC1CCCC1N. The van der Waals surface area contributed by atoms with Crippen molar-refractivity contribution in [1.82, 2.24) is 0 Å².